The van der Waals surface area contributed by atoms with Crippen LogP contribution in [0.25, 0.3) is 0 Å². The normalized spacial score (nSPS) is 21.1. The van der Waals surface area contributed by atoms with Crippen molar-refractivity contribution in [2.75, 3.05) is 13.1 Å². The maximum absolute atomic E-state index is 11.9. The average Bonchev–Trinajstić information content (AvgIpc) is 2.84. The van der Waals surface area contributed by atoms with Crippen LogP contribution in [0, 0.1) is 12.8 Å². The van der Waals surface area contributed by atoms with Gasteiger partial charge in [0.2, 0.25) is 11.8 Å². The summed E-state index contributed by atoms with van der Waals surface area (Å²) in [5, 5.41) is 6.30. The lowest BCUT2D eigenvalue weighted by molar-refractivity contribution is -0.122. The second-order valence-electron chi connectivity index (χ2n) is 5.35. The van der Waals surface area contributed by atoms with Gasteiger partial charge in [-0.3, -0.25) is 4.79 Å². The highest BCUT2D eigenvalue weighted by Gasteiger charge is 2.17. The molecule has 2 rings (SSSR count). The third-order valence-corrected chi connectivity index (χ3v) is 3.57. The maximum Gasteiger partial charge on any atom is 0.220 e. The van der Waals surface area contributed by atoms with Crippen LogP contribution >= 0.6 is 0 Å². The molecule has 0 aromatic carbocycles. The van der Waals surface area contributed by atoms with Gasteiger partial charge in [-0.05, 0) is 52.1 Å². The Hall–Kier alpha value is -1.36. The first kappa shape index (κ1) is 14.1. The molecule has 1 fully saturated rings. The molecular weight excluding hydrogens is 242 g/mol. The van der Waals surface area contributed by atoms with E-state index in [1.807, 2.05) is 13.8 Å². The fraction of sp³-hybridized carbons (Fsp3) is 0.714. The van der Waals surface area contributed by atoms with Gasteiger partial charge in [0, 0.05) is 6.42 Å². The van der Waals surface area contributed by atoms with E-state index < -0.39 is 0 Å². The van der Waals surface area contributed by atoms with Crippen LogP contribution in [0.5, 0.6) is 0 Å². The number of carbonyl (C=O) groups excluding carboxylic acids is 1. The smallest absolute Gasteiger partial charge is 0.220 e. The molecule has 1 aromatic heterocycles. The van der Waals surface area contributed by atoms with Gasteiger partial charge < -0.3 is 15.1 Å². The van der Waals surface area contributed by atoms with E-state index in [-0.39, 0.29) is 11.9 Å². The molecule has 5 heteroatoms. The van der Waals surface area contributed by atoms with Gasteiger partial charge in [-0.1, -0.05) is 0 Å². The highest BCUT2D eigenvalue weighted by Crippen LogP contribution is 2.17. The lowest BCUT2D eigenvalue weighted by Gasteiger charge is -2.22. The number of hydrogen-bond donors (Lipinski definition) is 2. The summed E-state index contributed by atoms with van der Waals surface area (Å²) < 4.78 is 5.40. The first-order valence-corrected chi connectivity index (χ1v) is 7.07. The minimum absolute atomic E-state index is 0.0777. The molecular formula is C14H23N3O2. The minimum atomic E-state index is -0.161. The Morgan fingerprint density at radius 3 is 3.16 bits per heavy atom. The molecule has 106 valence electrons. The first-order chi connectivity index (χ1) is 9.15. The van der Waals surface area contributed by atoms with Crippen LogP contribution in [0.2, 0.25) is 0 Å². The third kappa shape index (κ3) is 4.35. The van der Waals surface area contributed by atoms with Crippen LogP contribution in [0.1, 0.15) is 50.3 Å². The number of aromatic nitrogens is 1. The van der Waals surface area contributed by atoms with Gasteiger partial charge in [0.25, 0.3) is 0 Å². The Morgan fingerprint density at radius 2 is 2.53 bits per heavy atom. The number of nitrogens with one attached hydrogen (secondary N) is 2. The molecule has 2 heterocycles. The molecule has 19 heavy (non-hydrogen) atoms. The van der Waals surface area contributed by atoms with Crippen molar-refractivity contribution < 1.29 is 9.21 Å². The van der Waals surface area contributed by atoms with Crippen LogP contribution in [-0.4, -0.2) is 24.0 Å². The van der Waals surface area contributed by atoms with Crippen molar-refractivity contribution in [1.82, 2.24) is 15.6 Å². The summed E-state index contributed by atoms with van der Waals surface area (Å²) in [4.78, 5) is 16.0. The van der Waals surface area contributed by atoms with Crippen LogP contribution in [0.3, 0.4) is 0 Å². The Bertz CT molecular complexity index is 411. The Labute approximate surface area is 114 Å². The fourth-order valence-corrected chi connectivity index (χ4v) is 2.45. The number of rotatable bonds is 5. The second-order valence-corrected chi connectivity index (χ2v) is 5.35. The summed E-state index contributed by atoms with van der Waals surface area (Å²) in [6, 6.07) is -0.161. The van der Waals surface area contributed by atoms with Crippen molar-refractivity contribution in [2.24, 2.45) is 5.92 Å². The molecule has 1 saturated heterocycles. The lowest BCUT2D eigenvalue weighted by atomic mass is 9.94. The van der Waals surface area contributed by atoms with Crippen LogP contribution < -0.4 is 10.6 Å². The predicted molar refractivity (Wildman–Crippen MR) is 72.6 cm³/mol. The van der Waals surface area contributed by atoms with Crippen molar-refractivity contribution in [3.8, 4) is 0 Å². The molecule has 0 radical (unpaired) electrons. The van der Waals surface area contributed by atoms with Gasteiger partial charge in [0.15, 0.2) is 0 Å². The van der Waals surface area contributed by atoms with Gasteiger partial charge in [-0.25, -0.2) is 4.98 Å². The van der Waals surface area contributed by atoms with E-state index in [4.69, 9.17) is 4.42 Å². The average molecular weight is 265 g/mol. The second kappa shape index (κ2) is 6.70. The summed E-state index contributed by atoms with van der Waals surface area (Å²) >= 11 is 0. The zero-order valence-corrected chi connectivity index (χ0v) is 11.7. The summed E-state index contributed by atoms with van der Waals surface area (Å²) in [5.41, 5.74) is 0. The van der Waals surface area contributed by atoms with Gasteiger partial charge in [-0.2, -0.15) is 0 Å². The van der Waals surface area contributed by atoms with E-state index in [2.05, 4.69) is 15.6 Å². The number of piperidine rings is 1. The van der Waals surface area contributed by atoms with Crippen LogP contribution in [0.15, 0.2) is 10.6 Å². The number of oxazole rings is 1. The number of amides is 1. The summed E-state index contributed by atoms with van der Waals surface area (Å²) in [6.45, 7) is 5.90. The van der Waals surface area contributed by atoms with E-state index >= 15 is 0 Å². The van der Waals surface area contributed by atoms with Crippen molar-refractivity contribution >= 4 is 5.91 Å². The first-order valence-electron chi connectivity index (χ1n) is 7.07. The molecule has 2 unspecified atom stereocenters. The zero-order chi connectivity index (χ0) is 13.7. The summed E-state index contributed by atoms with van der Waals surface area (Å²) in [6.07, 6.45) is 5.66. The molecule has 1 aliphatic heterocycles. The maximum atomic E-state index is 11.9. The topological polar surface area (TPSA) is 67.2 Å². The summed E-state index contributed by atoms with van der Waals surface area (Å²) in [5.74, 6) is 2.06. The van der Waals surface area contributed by atoms with E-state index in [1.54, 1.807) is 6.20 Å². The molecule has 0 saturated carbocycles. The monoisotopic (exact) mass is 265 g/mol. The number of carbonyl (C=O) groups is 1. The highest BCUT2D eigenvalue weighted by atomic mass is 16.4. The number of hydrogen-bond acceptors (Lipinski definition) is 4. The number of nitrogens with zero attached hydrogens (tertiary/aromatic N) is 1. The van der Waals surface area contributed by atoms with Crippen molar-refractivity contribution in [2.45, 2.75) is 45.6 Å². The Kier molecular flexibility index (Phi) is 4.96. The van der Waals surface area contributed by atoms with E-state index in [1.165, 1.54) is 12.8 Å². The van der Waals surface area contributed by atoms with Gasteiger partial charge in [-0.15, -0.1) is 0 Å². The Morgan fingerprint density at radius 1 is 1.68 bits per heavy atom. The molecule has 5 nitrogen and oxygen atoms in total. The minimum Gasteiger partial charge on any atom is -0.444 e. The standard InChI is InChI=1S/C14H23N3O2/c1-10-8-16-14(19-10)11(2)17-13(18)6-5-12-4-3-7-15-9-12/h8,11-12,15H,3-7,9H2,1-2H3,(H,17,18). The van der Waals surface area contributed by atoms with E-state index in [0.717, 1.165) is 25.3 Å². The summed E-state index contributed by atoms with van der Waals surface area (Å²) in [7, 11) is 0. The molecule has 2 N–H and O–H groups in total. The van der Waals surface area contributed by atoms with E-state index in [9.17, 15) is 4.79 Å². The molecule has 1 aliphatic rings. The van der Waals surface area contributed by atoms with Crippen molar-refractivity contribution in [1.29, 1.82) is 0 Å². The molecule has 0 spiro atoms. The van der Waals surface area contributed by atoms with Crippen LogP contribution in [-0.2, 0) is 4.79 Å². The van der Waals surface area contributed by atoms with Gasteiger partial charge in [0.05, 0.1) is 6.20 Å². The molecule has 0 bridgehead atoms. The quantitative estimate of drug-likeness (QED) is 0.854. The Balaban J connectivity index is 1.71. The predicted octanol–water partition coefficient (Wildman–Crippen LogP) is 1.94. The highest BCUT2D eigenvalue weighted by molar-refractivity contribution is 5.76. The fourth-order valence-electron chi connectivity index (χ4n) is 2.45. The third-order valence-electron chi connectivity index (χ3n) is 3.57. The van der Waals surface area contributed by atoms with Crippen molar-refractivity contribution in [3.63, 3.8) is 0 Å². The molecule has 0 aliphatic carbocycles. The largest absolute Gasteiger partial charge is 0.444 e. The SMILES string of the molecule is Cc1cnc(C(C)NC(=O)CCC2CCCNC2)o1. The molecule has 2 atom stereocenters. The van der Waals surface area contributed by atoms with Crippen molar-refractivity contribution in [3.05, 3.63) is 17.8 Å². The molecule has 1 amide bonds. The molecule has 1 aromatic rings. The lowest BCUT2D eigenvalue weighted by Crippen LogP contribution is -2.32. The van der Waals surface area contributed by atoms with Crippen LogP contribution in [0.4, 0.5) is 0 Å². The van der Waals surface area contributed by atoms with Gasteiger partial charge >= 0.3 is 0 Å². The van der Waals surface area contributed by atoms with Gasteiger partial charge in [0.1, 0.15) is 11.8 Å². The van der Waals surface area contributed by atoms with E-state index in [0.29, 0.717) is 18.2 Å². The number of aryl methyl sites for hydroxylation is 1. The zero-order valence-electron chi connectivity index (χ0n) is 11.7.